The Labute approximate surface area is 224 Å². The van der Waals surface area contributed by atoms with Gasteiger partial charge in [0.1, 0.15) is 12.1 Å². The van der Waals surface area contributed by atoms with Crippen LogP contribution in [-0.4, -0.2) is 76.9 Å². The van der Waals surface area contributed by atoms with Gasteiger partial charge in [-0.3, -0.25) is 24.2 Å². The number of fused-ring (bicyclic) bond motifs is 1. The molecule has 15 nitrogen and oxygen atoms in total. The first kappa shape index (κ1) is 30.6. The Kier molecular flexibility index (Phi) is 11.7. The fraction of sp³-hybridized carbons (Fsp3) is 0.417. The molecule has 2 rings (SSSR count). The highest BCUT2D eigenvalue weighted by Gasteiger charge is 2.28. The Balaban J connectivity index is 2.07. The predicted octanol–water partition coefficient (Wildman–Crippen LogP) is -2.47. The zero-order chi connectivity index (χ0) is 28.9. The van der Waals surface area contributed by atoms with Crippen LogP contribution in [0.3, 0.4) is 0 Å². The maximum atomic E-state index is 13.1. The normalized spacial score (nSPS) is 13.1. The molecule has 1 aromatic carbocycles. The quantitative estimate of drug-likeness (QED) is 0.0613. The number of rotatable bonds is 16. The average Bonchev–Trinajstić information content (AvgIpc) is 3.29. The summed E-state index contributed by atoms with van der Waals surface area (Å²) >= 11 is 0. The lowest BCUT2D eigenvalue weighted by molar-refractivity contribution is -0.142. The first-order valence-corrected chi connectivity index (χ1v) is 12.2. The summed E-state index contributed by atoms with van der Waals surface area (Å²) in [5.41, 5.74) is 22.9. The molecule has 1 heterocycles. The molecule has 212 valence electrons. The highest BCUT2D eigenvalue weighted by molar-refractivity contribution is 5.93. The van der Waals surface area contributed by atoms with Gasteiger partial charge >= 0.3 is 5.97 Å². The first-order valence-electron chi connectivity index (χ1n) is 12.2. The van der Waals surface area contributed by atoms with Crippen molar-refractivity contribution in [3.63, 3.8) is 0 Å². The summed E-state index contributed by atoms with van der Waals surface area (Å²) in [6.45, 7) is -0.173. The SMILES string of the molecule is NC(=O)CCC(NC(=O)C(Cc1c[nH]c2ccccc12)NC(=O)CNC(=O)C(N)CCCN=C(N)N)C(=O)O. The molecule has 0 aliphatic heterocycles. The molecule has 3 unspecified atom stereocenters. The zero-order valence-electron chi connectivity index (χ0n) is 21.3. The summed E-state index contributed by atoms with van der Waals surface area (Å²) in [4.78, 5) is 67.6. The van der Waals surface area contributed by atoms with Gasteiger partial charge in [0.05, 0.1) is 12.6 Å². The van der Waals surface area contributed by atoms with E-state index in [1.165, 1.54) is 0 Å². The number of guanidine groups is 1. The number of carbonyl (C=O) groups excluding carboxylic acids is 4. The van der Waals surface area contributed by atoms with Crippen LogP contribution in [0.5, 0.6) is 0 Å². The molecule has 0 aliphatic rings. The van der Waals surface area contributed by atoms with Crippen LogP contribution in [0.25, 0.3) is 10.9 Å². The summed E-state index contributed by atoms with van der Waals surface area (Å²) in [6, 6.07) is 3.82. The van der Waals surface area contributed by atoms with E-state index < -0.39 is 54.3 Å². The van der Waals surface area contributed by atoms with Crippen molar-refractivity contribution in [2.24, 2.45) is 27.9 Å². The van der Waals surface area contributed by atoms with Gasteiger partial charge in [-0.2, -0.15) is 0 Å². The van der Waals surface area contributed by atoms with Crippen LogP contribution < -0.4 is 38.9 Å². The molecule has 2 aromatic rings. The second kappa shape index (κ2) is 14.9. The number of hydrogen-bond donors (Lipinski definition) is 9. The summed E-state index contributed by atoms with van der Waals surface area (Å²) in [7, 11) is 0. The molecule has 0 fully saturated rings. The predicted molar refractivity (Wildman–Crippen MR) is 143 cm³/mol. The molecular formula is C24H35N9O6. The highest BCUT2D eigenvalue weighted by atomic mass is 16.4. The number of aromatic nitrogens is 1. The molecule has 0 spiro atoms. The van der Waals surface area contributed by atoms with Crippen LogP contribution in [-0.2, 0) is 30.4 Å². The van der Waals surface area contributed by atoms with Crippen molar-refractivity contribution in [3.05, 3.63) is 36.0 Å². The van der Waals surface area contributed by atoms with Crippen molar-refractivity contribution in [1.29, 1.82) is 0 Å². The largest absolute Gasteiger partial charge is 0.480 e. The molecular weight excluding hydrogens is 510 g/mol. The monoisotopic (exact) mass is 545 g/mol. The second-order valence-electron chi connectivity index (χ2n) is 8.86. The van der Waals surface area contributed by atoms with Crippen molar-refractivity contribution in [2.45, 2.75) is 50.2 Å². The fourth-order valence-electron chi connectivity index (χ4n) is 3.74. The second-order valence-corrected chi connectivity index (χ2v) is 8.86. The van der Waals surface area contributed by atoms with Crippen LogP contribution in [0.2, 0.25) is 0 Å². The fourth-order valence-corrected chi connectivity index (χ4v) is 3.74. The van der Waals surface area contributed by atoms with E-state index >= 15 is 0 Å². The Morgan fingerprint density at radius 2 is 1.69 bits per heavy atom. The summed E-state index contributed by atoms with van der Waals surface area (Å²) in [6.07, 6.45) is 1.95. The molecule has 39 heavy (non-hydrogen) atoms. The van der Waals surface area contributed by atoms with Gasteiger partial charge in [0.15, 0.2) is 5.96 Å². The number of aliphatic imine (C=N–C) groups is 1. The molecule has 1 aromatic heterocycles. The topological polar surface area (TPSA) is 274 Å². The number of aliphatic carboxylic acids is 1. The number of primary amides is 1. The van der Waals surface area contributed by atoms with E-state index in [4.69, 9.17) is 22.9 Å². The van der Waals surface area contributed by atoms with Gasteiger partial charge in [-0.1, -0.05) is 18.2 Å². The van der Waals surface area contributed by atoms with Gasteiger partial charge in [0.25, 0.3) is 0 Å². The summed E-state index contributed by atoms with van der Waals surface area (Å²) in [5.74, 6) is -4.20. The molecule has 3 atom stereocenters. The number of benzene rings is 1. The van der Waals surface area contributed by atoms with Gasteiger partial charge in [-0.25, -0.2) is 4.79 Å². The number of hydrogen-bond acceptors (Lipinski definition) is 7. The van der Waals surface area contributed by atoms with E-state index in [9.17, 15) is 29.1 Å². The van der Waals surface area contributed by atoms with Gasteiger partial charge in [0, 0.05) is 36.5 Å². The van der Waals surface area contributed by atoms with Gasteiger partial charge in [-0.05, 0) is 30.9 Å². The van der Waals surface area contributed by atoms with Crippen LogP contribution in [0.1, 0.15) is 31.2 Å². The minimum atomic E-state index is -1.40. The number of para-hydroxylation sites is 1. The molecule has 0 saturated carbocycles. The van der Waals surface area contributed by atoms with Crippen molar-refractivity contribution < 1.29 is 29.1 Å². The minimum absolute atomic E-state index is 0.0159. The highest BCUT2D eigenvalue weighted by Crippen LogP contribution is 2.19. The van der Waals surface area contributed by atoms with E-state index in [1.54, 1.807) is 6.20 Å². The minimum Gasteiger partial charge on any atom is -0.480 e. The zero-order valence-corrected chi connectivity index (χ0v) is 21.3. The lowest BCUT2D eigenvalue weighted by Crippen LogP contribution is -2.54. The average molecular weight is 546 g/mol. The van der Waals surface area contributed by atoms with Gasteiger partial charge in [0.2, 0.25) is 23.6 Å². The van der Waals surface area contributed by atoms with E-state index in [0.29, 0.717) is 18.5 Å². The molecule has 0 radical (unpaired) electrons. The van der Waals surface area contributed by atoms with Crippen LogP contribution >= 0.6 is 0 Å². The number of carbonyl (C=O) groups is 5. The number of amides is 4. The summed E-state index contributed by atoms with van der Waals surface area (Å²) < 4.78 is 0. The van der Waals surface area contributed by atoms with E-state index in [0.717, 1.165) is 10.9 Å². The number of nitrogens with zero attached hydrogens (tertiary/aromatic N) is 1. The number of carboxylic acid groups (broad SMARTS) is 1. The van der Waals surface area contributed by atoms with Crippen LogP contribution in [0.4, 0.5) is 0 Å². The Bertz CT molecular complexity index is 1210. The van der Waals surface area contributed by atoms with E-state index in [2.05, 4.69) is 25.9 Å². The Hall–Kier alpha value is -4.66. The van der Waals surface area contributed by atoms with Crippen molar-refractivity contribution in [1.82, 2.24) is 20.9 Å². The first-order chi connectivity index (χ1) is 18.5. The Morgan fingerprint density at radius 3 is 2.36 bits per heavy atom. The third kappa shape index (κ3) is 10.3. The number of carboxylic acids is 1. The number of H-pyrrole nitrogens is 1. The van der Waals surface area contributed by atoms with Crippen LogP contribution in [0.15, 0.2) is 35.5 Å². The van der Waals surface area contributed by atoms with Crippen molar-refractivity contribution >= 4 is 46.5 Å². The van der Waals surface area contributed by atoms with Gasteiger partial charge < -0.3 is 49.0 Å². The molecule has 0 aliphatic carbocycles. The molecule has 0 saturated heterocycles. The lowest BCUT2D eigenvalue weighted by Gasteiger charge is -2.21. The molecule has 15 heteroatoms. The Morgan fingerprint density at radius 1 is 0.974 bits per heavy atom. The smallest absolute Gasteiger partial charge is 0.326 e. The number of nitrogens with two attached hydrogens (primary N) is 4. The van der Waals surface area contributed by atoms with Gasteiger partial charge in [-0.15, -0.1) is 0 Å². The number of aromatic amines is 1. The lowest BCUT2D eigenvalue weighted by atomic mass is 10.0. The molecule has 13 N–H and O–H groups in total. The van der Waals surface area contributed by atoms with Crippen molar-refractivity contribution in [2.75, 3.05) is 13.1 Å². The van der Waals surface area contributed by atoms with Crippen molar-refractivity contribution in [3.8, 4) is 0 Å². The third-order valence-electron chi connectivity index (χ3n) is 5.77. The summed E-state index contributed by atoms with van der Waals surface area (Å²) in [5, 5.41) is 17.6. The maximum absolute atomic E-state index is 13.1. The standard InChI is InChI=1S/C24H35N9O6/c25-15(5-3-9-29-24(27)28)21(36)31-12-20(35)32-18(10-13-11-30-16-6-2-1-4-14(13)16)22(37)33-17(23(38)39)7-8-19(26)34/h1-2,4,6,11,15,17-18,30H,3,5,7-10,12,25H2,(H2,26,34)(H,31,36)(H,32,35)(H,33,37)(H,38,39)(H4,27,28,29). The third-order valence-corrected chi connectivity index (χ3v) is 5.77. The van der Waals surface area contributed by atoms with Crippen LogP contribution in [0, 0.1) is 0 Å². The maximum Gasteiger partial charge on any atom is 0.326 e. The number of nitrogens with one attached hydrogen (secondary N) is 4. The van der Waals surface area contributed by atoms with E-state index in [-0.39, 0.29) is 31.6 Å². The van der Waals surface area contributed by atoms with E-state index in [1.807, 2.05) is 24.3 Å². The molecule has 4 amide bonds. The molecule has 0 bridgehead atoms.